The van der Waals surface area contributed by atoms with Crippen molar-refractivity contribution in [3.8, 4) is 0 Å². The van der Waals surface area contributed by atoms with Gasteiger partial charge in [-0.1, -0.05) is 32.0 Å². The summed E-state index contributed by atoms with van der Waals surface area (Å²) in [6.45, 7) is 7.95. The van der Waals surface area contributed by atoms with Crippen LogP contribution in [0.25, 0.3) is 0 Å². The van der Waals surface area contributed by atoms with Gasteiger partial charge >= 0.3 is 0 Å². The van der Waals surface area contributed by atoms with Crippen molar-refractivity contribution in [1.82, 2.24) is 0 Å². The van der Waals surface area contributed by atoms with E-state index in [1.165, 1.54) is 6.92 Å². The second-order valence-electron chi connectivity index (χ2n) is 7.09. The quantitative estimate of drug-likeness (QED) is 0.914. The summed E-state index contributed by atoms with van der Waals surface area (Å²) >= 11 is 0. The molecule has 2 aromatic rings. The summed E-state index contributed by atoms with van der Waals surface area (Å²) in [4.78, 5) is 13.7. The first-order valence-corrected chi connectivity index (χ1v) is 9.61. The highest BCUT2D eigenvalue weighted by atomic mass is 32.2. The van der Waals surface area contributed by atoms with Crippen LogP contribution in [0.15, 0.2) is 47.4 Å². The summed E-state index contributed by atoms with van der Waals surface area (Å²) < 4.78 is 28.2. The fraction of sp³-hybridized carbons (Fsp3) is 0.316. The van der Waals surface area contributed by atoms with Gasteiger partial charge < -0.3 is 4.90 Å². The Morgan fingerprint density at radius 3 is 2.48 bits per heavy atom. The standard InChI is InChI=1S/C19H22N2O3S/c1-13-7-5-6-8-17(13)20-25(23,24)15-9-10-18-16(11-15)19(3,4)12-21(18)14(2)22/h5-11,20H,12H2,1-4H3. The van der Waals surface area contributed by atoms with Crippen LogP contribution < -0.4 is 9.62 Å². The van der Waals surface area contributed by atoms with Gasteiger partial charge in [0.05, 0.1) is 10.6 Å². The lowest BCUT2D eigenvalue weighted by Crippen LogP contribution is -2.31. The molecule has 1 aliphatic heterocycles. The average molecular weight is 358 g/mol. The van der Waals surface area contributed by atoms with Gasteiger partial charge in [-0.15, -0.1) is 0 Å². The number of fused-ring (bicyclic) bond motifs is 1. The van der Waals surface area contributed by atoms with Crippen LogP contribution in [-0.2, 0) is 20.2 Å². The van der Waals surface area contributed by atoms with Crippen molar-refractivity contribution in [3.63, 3.8) is 0 Å². The predicted molar refractivity (Wildman–Crippen MR) is 99.5 cm³/mol. The normalized spacial score (nSPS) is 15.8. The first kappa shape index (κ1) is 17.5. The van der Waals surface area contributed by atoms with Crippen molar-refractivity contribution in [2.75, 3.05) is 16.2 Å². The first-order valence-electron chi connectivity index (χ1n) is 8.13. The molecule has 0 saturated carbocycles. The number of nitrogens with one attached hydrogen (secondary N) is 1. The van der Waals surface area contributed by atoms with Crippen LogP contribution in [-0.4, -0.2) is 20.9 Å². The maximum Gasteiger partial charge on any atom is 0.261 e. The predicted octanol–water partition coefficient (Wildman–Crippen LogP) is 3.44. The van der Waals surface area contributed by atoms with Crippen LogP contribution in [0.3, 0.4) is 0 Å². The monoisotopic (exact) mass is 358 g/mol. The summed E-state index contributed by atoms with van der Waals surface area (Å²) in [6, 6.07) is 12.2. The SMILES string of the molecule is CC(=O)N1CC(C)(C)c2cc(S(=O)(=O)Nc3ccccc3C)ccc21. The second kappa shape index (κ2) is 5.88. The molecule has 6 heteroatoms. The van der Waals surface area contributed by atoms with E-state index in [0.717, 1.165) is 16.8 Å². The molecule has 25 heavy (non-hydrogen) atoms. The number of amides is 1. The number of hydrogen-bond donors (Lipinski definition) is 1. The van der Waals surface area contributed by atoms with Gasteiger partial charge in [0.2, 0.25) is 5.91 Å². The number of hydrogen-bond acceptors (Lipinski definition) is 3. The van der Waals surface area contributed by atoms with Gasteiger partial charge in [0.25, 0.3) is 10.0 Å². The number of carbonyl (C=O) groups is 1. The minimum absolute atomic E-state index is 0.0412. The maximum atomic E-state index is 12.8. The highest BCUT2D eigenvalue weighted by Gasteiger charge is 2.37. The Morgan fingerprint density at radius 2 is 1.84 bits per heavy atom. The molecular formula is C19H22N2O3S. The molecule has 2 aromatic carbocycles. The van der Waals surface area contributed by atoms with Crippen molar-refractivity contribution in [3.05, 3.63) is 53.6 Å². The number of carbonyl (C=O) groups excluding carboxylic acids is 1. The van der Waals surface area contributed by atoms with Crippen LogP contribution >= 0.6 is 0 Å². The summed E-state index contributed by atoms with van der Waals surface area (Å²) in [6.07, 6.45) is 0. The topological polar surface area (TPSA) is 66.5 Å². The van der Waals surface area contributed by atoms with E-state index < -0.39 is 10.0 Å². The molecule has 0 atom stereocenters. The Bertz CT molecular complexity index is 949. The molecule has 1 amide bonds. The summed E-state index contributed by atoms with van der Waals surface area (Å²) in [7, 11) is -3.70. The van der Waals surface area contributed by atoms with Crippen molar-refractivity contribution < 1.29 is 13.2 Å². The number of sulfonamides is 1. The molecule has 1 N–H and O–H groups in total. The Hall–Kier alpha value is -2.34. The minimum Gasteiger partial charge on any atom is -0.311 e. The first-order chi connectivity index (χ1) is 11.6. The zero-order valence-electron chi connectivity index (χ0n) is 14.8. The van der Waals surface area contributed by atoms with Gasteiger partial charge in [-0.05, 0) is 42.3 Å². The summed E-state index contributed by atoms with van der Waals surface area (Å²) in [5.74, 6) is -0.0412. The number of rotatable bonds is 3. The van der Waals surface area contributed by atoms with Gasteiger partial charge in [0, 0.05) is 24.6 Å². The van der Waals surface area contributed by atoms with E-state index in [9.17, 15) is 13.2 Å². The molecule has 0 bridgehead atoms. The van der Waals surface area contributed by atoms with Gasteiger partial charge in [-0.25, -0.2) is 8.42 Å². The van der Waals surface area contributed by atoms with Crippen LogP contribution in [0, 0.1) is 6.92 Å². The van der Waals surface area contributed by atoms with Crippen molar-refractivity contribution in [2.45, 2.75) is 38.0 Å². The number of para-hydroxylation sites is 1. The molecule has 0 radical (unpaired) electrons. The molecule has 1 aliphatic rings. The van der Waals surface area contributed by atoms with E-state index in [1.807, 2.05) is 32.9 Å². The molecule has 3 rings (SSSR count). The Labute approximate surface area is 148 Å². The van der Waals surface area contributed by atoms with Crippen LogP contribution in [0.2, 0.25) is 0 Å². The van der Waals surface area contributed by atoms with Crippen molar-refractivity contribution >= 4 is 27.3 Å². The third kappa shape index (κ3) is 3.14. The Balaban J connectivity index is 2.02. The summed E-state index contributed by atoms with van der Waals surface area (Å²) in [5.41, 5.74) is 2.78. The molecule has 0 spiro atoms. The second-order valence-corrected chi connectivity index (χ2v) is 8.77. The Kier molecular flexibility index (Phi) is 4.11. The Morgan fingerprint density at radius 1 is 1.16 bits per heavy atom. The smallest absolute Gasteiger partial charge is 0.261 e. The van der Waals surface area contributed by atoms with Crippen LogP contribution in [0.5, 0.6) is 0 Å². The number of aryl methyl sites for hydroxylation is 1. The van der Waals surface area contributed by atoms with Crippen molar-refractivity contribution in [2.24, 2.45) is 0 Å². The molecular weight excluding hydrogens is 336 g/mol. The van der Waals surface area contributed by atoms with Gasteiger partial charge in [0.1, 0.15) is 0 Å². The maximum absolute atomic E-state index is 12.8. The molecule has 5 nitrogen and oxygen atoms in total. The minimum atomic E-state index is -3.70. The van der Waals surface area contributed by atoms with E-state index in [0.29, 0.717) is 12.2 Å². The van der Waals surface area contributed by atoms with Crippen molar-refractivity contribution in [1.29, 1.82) is 0 Å². The fourth-order valence-electron chi connectivity index (χ4n) is 3.20. The van der Waals surface area contributed by atoms with Gasteiger partial charge in [-0.2, -0.15) is 0 Å². The fourth-order valence-corrected chi connectivity index (χ4v) is 4.35. The van der Waals surface area contributed by atoms with E-state index in [1.54, 1.807) is 35.2 Å². The average Bonchev–Trinajstić information content (AvgIpc) is 2.81. The number of anilines is 2. The molecule has 1 heterocycles. The zero-order chi connectivity index (χ0) is 18.4. The van der Waals surface area contributed by atoms with Gasteiger partial charge in [-0.3, -0.25) is 9.52 Å². The lowest BCUT2D eigenvalue weighted by molar-refractivity contribution is -0.116. The van der Waals surface area contributed by atoms with E-state index in [2.05, 4.69) is 4.72 Å². The lowest BCUT2D eigenvalue weighted by Gasteiger charge is -2.19. The largest absolute Gasteiger partial charge is 0.311 e. The van der Waals surface area contributed by atoms with Gasteiger partial charge in [0.15, 0.2) is 0 Å². The summed E-state index contributed by atoms with van der Waals surface area (Å²) in [5, 5.41) is 0. The molecule has 0 aromatic heterocycles. The number of nitrogens with zero attached hydrogens (tertiary/aromatic N) is 1. The molecule has 132 valence electrons. The molecule has 0 saturated heterocycles. The highest BCUT2D eigenvalue weighted by Crippen LogP contribution is 2.41. The van der Waals surface area contributed by atoms with E-state index in [4.69, 9.17) is 0 Å². The molecule has 0 unspecified atom stereocenters. The van der Waals surface area contributed by atoms with Crippen LogP contribution in [0.4, 0.5) is 11.4 Å². The zero-order valence-corrected chi connectivity index (χ0v) is 15.6. The third-order valence-electron chi connectivity index (χ3n) is 4.62. The van der Waals surface area contributed by atoms with E-state index >= 15 is 0 Å². The highest BCUT2D eigenvalue weighted by molar-refractivity contribution is 7.92. The van der Waals surface area contributed by atoms with Crippen LogP contribution in [0.1, 0.15) is 31.9 Å². The molecule has 0 fully saturated rings. The van der Waals surface area contributed by atoms with E-state index in [-0.39, 0.29) is 16.2 Å². The molecule has 0 aliphatic carbocycles. The third-order valence-corrected chi connectivity index (χ3v) is 5.98. The lowest BCUT2D eigenvalue weighted by atomic mass is 9.87. The number of benzene rings is 2.